The number of likely N-dealkylation sites (tertiary alicyclic amines) is 1. The predicted molar refractivity (Wildman–Crippen MR) is 160 cm³/mol. The number of nitrogens with zero attached hydrogens (tertiary/aromatic N) is 1. The van der Waals surface area contributed by atoms with Crippen LogP contribution in [0.3, 0.4) is 0 Å². The Labute approximate surface area is 257 Å². The van der Waals surface area contributed by atoms with Gasteiger partial charge in [-0.15, -0.1) is 6.42 Å². The van der Waals surface area contributed by atoms with Gasteiger partial charge in [0.2, 0.25) is 12.2 Å². The highest BCUT2D eigenvalue weighted by Gasteiger charge is 2.41. The van der Waals surface area contributed by atoms with E-state index in [2.05, 4.69) is 5.92 Å². The van der Waals surface area contributed by atoms with Crippen LogP contribution in [-0.2, 0) is 28.6 Å². The van der Waals surface area contributed by atoms with E-state index in [-0.39, 0.29) is 29.2 Å². The number of hydrogen-bond acceptors (Lipinski definition) is 9. The molecule has 0 radical (unpaired) electrons. The number of carboxylic acids is 2. The van der Waals surface area contributed by atoms with Crippen LogP contribution in [0.1, 0.15) is 72.4 Å². The van der Waals surface area contributed by atoms with E-state index in [0.29, 0.717) is 0 Å². The van der Waals surface area contributed by atoms with Crippen molar-refractivity contribution in [2.45, 2.75) is 77.7 Å². The van der Waals surface area contributed by atoms with Crippen LogP contribution in [0.15, 0.2) is 48.5 Å². The number of benzene rings is 2. The Bertz CT molecular complexity index is 1310. The predicted octanol–water partition coefficient (Wildman–Crippen LogP) is 4.04. The zero-order chi connectivity index (χ0) is 33.2. The number of aryl methyl sites for hydroxylation is 2. The molecule has 11 heteroatoms. The molecule has 0 saturated carbocycles. The highest BCUT2D eigenvalue weighted by atomic mass is 16.6. The number of aliphatic carboxylic acids is 2. The smallest absolute Gasteiger partial charge is 0.349 e. The van der Waals surface area contributed by atoms with E-state index >= 15 is 0 Å². The van der Waals surface area contributed by atoms with Crippen LogP contribution in [0.5, 0.6) is 0 Å². The molecule has 1 aliphatic heterocycles. The summed E-state index contributed by atoms with van der Waals surface area (Å²) in [7, 11) is 0. The number of carboxylic acid groups (broad SMARTS) is 2. The molecule has 1 saturated heterocycles. The van der Waals surface area contributed by atoms with Gasteiger partial charge >= 0.3 is 29.8 Å². The second-order valence-corrected chi connectivity index (χ2v) is 11.6. The monoisotopic (exact) mass is 609 g/mol. The van der Waals surface area contributed by atoms with Crippen molar-refractivity contribution in [2.75, 3.05) is 13.1 Å². The molecule has 1 heterocycles. The lowest BCUT2D eigenvalue weighted by Crippen LogP contribution is -2.45. The quantitative estimate of drug-likeness (QED) is 0.240. The van der Waals surface area contributed by atoms with Gasteiger partial charge in [-0.2, -0.15) is 0 Å². The highest BCUT2D eigenvalue weighted by molar-refractivity contribution is 5.95. The van der Waals surface area contributed by atoms with Crippen LogP contribution < -0.4 is 0 Å². The van der Waals surface area contributed by atoms with Gasteiger partial charge in [0, 0.05) is 6.54 Å². The van der Waals surface area contributed by atoms with E-state index in [1.807, 2.05) is 32.6 Å². The minimum atomic E-state index is -2.22. The zero-order valence-electron chi connectivity index (χ0n) is 25.8. The first-order valence-corrected chi connectivity index (χ1v) is 13.9. The summed E-state index contributed by atoms with van der Waals surface area (Å²) in [5.74, 6) is -3.04. The summed E-state index contributed by atoms with van der Waals surface area (Å²) in [6.07, 6.45) is 3.07. The third kappa shape index (κ3) is 10.5. The number of ether oxygens (including phenoxy) is 3. The van der Waals surface area contributed by atoms with E-state index in [1.54, 1.807) is 38.1 Å². The van der Waals surface area contributed by atoms with E-state index < -0.39 is 41.7 Å². The average molecular weight is 610 g/mol. The van der Waals surface area contributed by atoms with Crippen LogP contribution in [0, 0.1) is 26.2 Å². The molecule has 0 aliphatic carbocycles. The van der Waals surface area contributed by atoms with Crippen molar-refractivity contribution in [1.29, 1.82) is 0 Å². The third-order valence-electron chi connectivity index (χ3n) is 6.64. The van der Waals surface area contributed by atoms with Gasteiger partial charge in [0.1, 0.15) is 5.60 Å². The summed E-state index contributed by atoms with van der Waals surface area (Å²) in [5, 5.41) is 18.6. The molecule has 236 valence electrons. The molecule has 1 unspecified atom stereocenters. The van der Waals surface area contributed by atoms with Crippen LogP contribution in [0.25, 0.3) is 0 Å². The summed E-state index contributed by atoms with van der Waals surface area (Å²) < 4.78 is 14.9. The van der Waals surface area contributed by atoms with Crippen molar-refractivity contribution < 1.29 is 48.4 Å². The molecule has 1 fully saturated rings. The summed E-state index contributed by atoms with van der Waals surface area (Å²) in [6, 6.07) is 12.1. The molecule has 2 aromatic carbocycles. The Hall–Kier alpha value is -4.69. The second-order valence-electron chi connectivity index (χ2n) is 11.6. The minimum absolute atomic E-state index is 0.0332. The lowest BCUT2D eigenvalue weighted by molar-refractivity contribution is -0.166. The highest BCUT2D eigenvalue weighted by Crippen LogP contribution is 2.28. The zero-order valence-corrected chi connectivity index (χ0v) is 25.8. The topological polar surface area (TPSA) is 157 Å². The van der Waals surface area contributed by atoms with Gasteiger partial charge in [-0.3, -0.25) is 9.69 Å². The largest absolute Gasteiger partial charge is 0.478 e. The second kappa shape index (κ2) is 15.2. The number of carbonyl (C=O) groups excluding carboxylic acids is 3. The summed E-state index contributed by atoms with van der Waals surface area (Å²) in [5.41, 5.74) is 1.08. The molecule has 3 atom stereocenters. The van der Waals surface area contributed by atoms with Crippen molar-refractivity contribution in [3.05, 3.63) is 70.8 Å². The van der Waals surface area contributed by atoms with Gasteiger partial charge in [0.15, 0.2) is 0 Å². The van der Waals surface area contributed by atoms with Crippen LogP contribution in [0.2, 0.25) is 0 Å². The molecular weight excluding hydrogens is 570 g/mol. The molecule has 0 aromatic heterocycles. The lowest BCUT2D eigenvalue weighted by atomic mass is 10.0. The van der Waals surface area contributed by atoms with Crippen LogP contribution in [-0.4, -0.2) is 81.4 Å². The first-order valence-electron chi connectivity index (χ1n) is 13.9. The number of carbonyl (C=O) groups is 5. The van der Waals surface area contributed by atoms with Gasteiger partial charge < -0.3 is 24.4 Å². The van der Waals surface area contributed by atoms with Gasteiger partial charge in [-0.1, -0.05) is 41.3 Å². The van der Waals surface area contributed by atoms with E-state index in [1.165, 1.54) is 24.3 Å². The summed E-state index contributed by atoms with van der Waals surface area (Å²) >= 11 is 0. The maximum atomic E-state index is 12.2. The van der Waals surface area contributed by atoms with Crippen LogP contribution in [0.4, 0.5) is 0 Å². The fourth-order valence-corrected chi connectivity index (χ4v) is 4.20. The van der Waals surface area contributed by atoms with Gasteiger partial charge in [0.05, 0.1) is 23.2 Å². The van der Waals surface area contributed by atoms with Gasteiger partial charge in [-0.25, -0.2) is 19.2 Å². The SMILES string of the molecule is C#CC1(C)CCCN1CC(=O)OC(C)(C)C.Cc1ccc(C(=O)O[C@H](C(=O)O)[C@H](OC(=O)c2ccc(C)cc2)C(=O)O)cc1. The Kier molecular flexibility index (Phi) is 12.2. The molecule has 0 amide bonds. The normalized spacial score (nSPS) is 17.6. The summed E-state index contributed by atoms with van der Waals surface area (Å²) in [6.45, 7) is 12.4. The maximum absolute atomic E-state index is 12.2. The standard InChI is InChI=1S/C20H18O8.C13H21NO2/c1-11-3-7-13(8-4-11)19(25)27-15(17(21)22)16(18(23)24)28-20(26)14-9-5-12(2)6-10-14;1-6-13(5)8-7-9-14(13)10-11(15)16-12(2,3)4/h3-10,15-16H,1-2H3,(H,21,22)(H,23,24);1H,7-10H2,2-5H3/t15-,16-;/m0./s1. The molecule has 11 nitrogen and oxygen atoms in total. The fourth-order valence-electron chi connectivity index (χ4n) is 4.20. The van der Waals surface area contributed by atoms with Crippen molar-refractivity contribution >= 4 is 29.8 Å². The van der Waals surface area contributed by atoms with E-state index in [9.17, 15) is 34.2 Å². The molecule has 2 N–H and O–H groups in total. The Balaban J connectivity index is 0.000000358. The van der Waals surface area contributed by atoms with Crippen LogP contribution >= 0.6 is 0 Å². The fraction of sp³-hybridized carbons (Fsp3) is 0.424. The number of rotatable bonds is 9. The molecule has 1 aliphatic rings. The van der Waals surface area contributed by atoms with Crippen molar-refractivity contribution in [1.82, 2.24) is 4.90 Å². The Morgan fingerprint density at radius 2 is 1.27 bits per heavy atom. The third-order valence-corrected chi connectivity index (χ3v) is 6.64. The first kappa shape index (κ1) is 35.5. The maximum Gasteiger partial charge on any atom is 0.349 e. The number of terminal acetylenes is 1. The van der Waals surface area contributed by atoms with E-state index in [4.69, 9.17) is 20.6 Å². The Morgan fingerprint density at radius 1 is 0.864 bits per heavy atom. The van der Waals surface area contributed by atoms with E-state index in [0.717, 1.165) is 30.5 Å². The van der Waals surface area contributed by atoms with Crippen molar-refractivity contribution in [3.63, 3.8) is 0 Å². The van der Waals surface area contributed by atoms with Gasteiger partial charge in [0.25, 0.3) is 0 Å². The van der Waals surface area contributed by atoms with Crippen molar-refractivity contribution in [2.24, 2.45) is 0 Å². The molecule has 44 heavy (non-hydrogen) atoms. The molecule has 3 rings (SSSR count). The molecule has 0 bridgehead atoms. The minimum Gasteiger partial charge on any atom is -0.478 e. The summed E-state index contributed by atoms with van der Waals surface area (Å²) in [4.78, 5) is 61.1. The van der Waals surface area contributed by atoms with Gasteiger partial charge in [-0.05, 0) is 78.6 Å². The Morgan fingerprint density at radius 3 is 1.61 bits per heavy atom. The molecular formula is C33H39NO10. The first-order chi connectivity index (χ1) is 20.5. The lowest BCUT2D eigenvalue weighted by Gasteiger charge is -2.30. The van der Waals surface area contributed by atoms with Crippen molar-refractivity contribution in [3.8, 4) is 12.3 Å². The molecule has 0 spiro atoms. The number of hydrogen-bond donors (Lipinski definition) is 2. The average Bonchev–Trinajstić information content (AvgIpc) is 3.30. The number of esters is 3. The molecule has 2 aromatic rings.